The number of methoxy groups -OCH3 is 1. The summed E-state index contributed by atoms with van der Waals surface area (Å²) in [6, 6.07) is 13.2. The first-order chi connectivity index (χ1) is 14.0. The van der Waals surface area contributed by atoms with Crippen LogP contribution in [0.1, 0.15) is 33.3 Å². The molecule has 2 rings (SSSR count). The van der Waals surface area contributed by atoms with Crippen molar-refractivity contribution in [2.75, 3.05) is 25.6 Å². The van der Waals surface area contributed by atoms with Gasteiger partial charge in [-0.05, 0) is 54.3 Å². The molecule has 1 unspecified atom stereocenters. The number of ether oxygens (including phenoxy) is 2. The van der Waals surface area contributed by atoms with E-state index in [-0.39, 0.29) is 35.5 Å². The van der Waals surface area contributed by atoms with Gasteiger partial charge in [0.2, 0.25) is 10.0 Å². The molecule has 2 aromatic rings. The number of hydrogen-bond acceptors (Lipinski definition) is 5. The van der Waals surface area contributed by atoms with Gasteiger partial charge >= 0.3 is 0 Å². The van der Waals surface area contributed by atoms with E-state index in [1.807, 2.05) is 18.2 Å². The summed E-state index contributed by atoms with van der Waals surface area (Å²) in [4.78, 5) is 12.3. The van der Waals surface area contributed by atoms with Gasteiger partial charge in [-0.1, -0.05) is 32.9 Å². The molecule has 0 fully saturated rings. The van der Waals surface area contributed by atoms with Crippen molar-refractivity contribution in [3.63, 3.8) is 0 Å². The van der Waals surface area contributed by atoms with Gasteiger partial charge in [0.25, 0.3) is 5.91 Å². The van der Waals surface area contributed by atoms with Crippen molar-refractivity contribution in [3.8, 4) is 5.75 Å². The molecule has 0 saturated heterocycles. The first-order valence-electron chi connectivity index (χ1n) is 9.66. The SMILES string of the molecule is COCC(C)NS(=O)(=O)c1ccc(NC(=O)COc2cccc(C(C)(C)C)c2)cc1. The smallest absolute Gasteiger partial charge is 0.262 e. The lowest BCUT2D eigenvalue weighted by molar-refractivity contribution is -0.118. The monoisotopic (exact) mass is 434 g/mol. The molecule has 0 aliphatic carbocycles. The van der Waals surface area contributed by atoms with Gasteiger partial charge < -0.3 is 14.8 Å². The van der Waals surface area contributed by atoms with Crippen LogP contribution in [0.3, 0.4) is 0 Å². The molecule has 1 amide bonds. The van der Waals surface area contributed by atoms with Gasteiger partial charge in [0, 0.05) is 18.8 Å². The van der Waals surface area contributed by atoms with E-state index in [0.29, 0.717) is 11.4 Å². The average Bonchev–Trinajstić information content (AvgIpc) is 2.66. The van der Waals surface area contributed by atoms with Crippen LogP contribution in [0, 0.1) is 0 Å². The molecule has 2 N–H and O–H groups in total. The maximum atomic E-state index is 12.3. The second-order valence-corrected chi connectivity index (χ2v) is 9.83. The van der Waals surface area contributed by atoms with E-state index in [0.717, 1.165) is 5.56 Å². The summed E-state index contributed by atoms with van der Waals surface area (Å²) in [5.74, 6) is 0.286. The van der Waals surface area contributed by atoms with Crippen LogP contribution in [0.15, 0.2) is 53.4 Å². The fourth-order valence-electron chi connectivity index (χ4n) is 2.73. The Balaban J connectivity index is 1.93. The van der Waals surface area contributed by atoms with Crippen molar-refractivity contribution in [2.45, 2.75) is 44.0 Å². The molecular weight excluding hydrogens is 404 g/mol. The Morgan fingerprint density at radius 1 is 1.10 bits per heavy atom. The topological polar surface area (TPSA) is 93.7 Å². The lowest BCUT2D eigenvalue weighted by Gasteiger charge is -2.19. The zero-order valence-corrected chi connectivity index (χ0v) is 18.9. The van der Waals surface area contributed by atoms with Crippen molar-refractivity contribution in [2.24, 2.45) is 0 Å². The highest BCUT2D eigenvalue weighted by atomic mass is 32.2. The normalized spacial score (nSPS) is 13.0. The maximum Gasteiger partial charge on any atom is 0.262 e. The molecule has 0 spiro atoms. The average molecular weight is 435 g/mol. The third-order valence-electron chi connectivity index (χ3n) is 4.29. The Bertz CT molecular complexity index is 950. The molecule has 7 nitrogen and oxygen atoms in total. The van der Waals surface area contributed by atoms with E-state index in [4.69, 9.17) is 9.47 Å². The highest BCUT2D eigenvalue weighted by Crippen LogP contribution is 2.25. The summed E-state index contributed by atoms with van der Waals surface area (Å²) in [6.07, 6.45) is 0. The van der Waals surface area contributed by atoms with Crippen molar-refractivity contribution in [1.29, 1.82) is 0 Å². The lowest BCUT2D eigenvalue weighted by atomic mass is 9.87. The number of amides is 1. The third kappa shape index (κ3) is 7.12. The van der Waals surface area contributed by atoms with Gasteiger partial charge in [-0.25, -0.2) is 13.1 Å². The largest absolute Gasteiger partial charge is 0.484 e. The molecule has 8 heteroatoms. The standard InChI is InChI=1S/C22H30N2O5S/c1-16(14-28-5)24-30(26,27)20-11-9-18(10-12-20)23-21(25)15-29-19-8-6-7-17(13-19)22(2,3)4/h6-13,16,24H,14-15H2,1-5H3,(H,23,25). The van der Waals surface area contributed by atoms with Crippen molar-refractivity contribution in [3.05, 3.63) is 54.1 Å². The summed E-state index contributed by atoms with van der Waals surface area (Å²) in [5.41, 5.74) is 1.58. The number of carbonyl (C=O) groups is 1. The lowest BCUT2D eigenvalue weighted by Crippen LogP contribution is -2.35. The minimum Gasteiger partial charge on any atom is -0.484 e. The molecule has 164 valence electrons. The van der Waals surface area contributed by atoms with Gasteiger partial charge in [-0.2, -0.15) is 0 Å². The van der Waals surface area contributed by atoms with Crippen LogP contribution in [0.2, 0.25) is 0 Å². The van der Waals surface area contributed by atoms with E-state index in [9.17, 15) is 13.2 Å². The van der Waals surface area contributed by atoms with Gasteiger partial charge in [0.1, 0.15) is 5.75 Å². The highest BCUT2D eigenvalue weighted by Gasteiger charge is 2.17. The summed E-state index contributed by atoms with van der Waals surface area (Å²) in [7, 11) is -2.15. The fourth-order valence-corrected chi connectivity index (χ4v) is 3.96. The van der Waals surface area contributed by atoms with E-state index in [1.54, 1.807) is 13.0 Å². The quantitative estimate of drug-likeness (QED) is 0.632. The van der Waals surface area contributed by atoms with Crippen LogP contribution in [-0.4, -0.2) is 40.7 Å². The predicted octanol–water partition coefficient (Wildman–Crippen LogP) is 3.31. The van der Waals surface area contributed by atoms with E-state index >= 15 is 0 Å². The van der Waals surface area contributed by atoms with Crippen LogP contribution in [0.5, 0.6) is 5.75 Å². The Hall–Kier alpha value is -2.42. The molecule has 0 bridgehead atoms. The van der Waals surface area contributed by atoms with Gasteiger partial charge in [-0.15, -0.1) is 0 Å². The minimum atomic E-state index is -3.66. The van der Waals surface area contributed by atoms with Crippen LogP contribution in [0.25, 0.3) is 0 Å². The van der Waals surface area contributed by atoms with E-state index < -0.39 is 10.0 Å². The summed E-state index contributed by atoms with van der Waals surface area (Å²) in [5, 5.41) is 2.70. The summed E-state index contributed by atoms with van der Waals surface area (Å²) >= 11 is 0. The van der Waals surface area contributed by atoms with Gasteiger partial charge in [-0.3, -0.25) is 4.79 Å². The summed E-state index contributed by atoms with van der Waals surface area (Å²) < 4.78 is 37.7. The molecular formula is C22H30N2O5S. The number of rotatable bonds is 9. The van der Waals surface area contributed by atoms with Crippen LogP contribution < -0.4 is 14.8 Å². The van der Waals surface area contributed by atoms with Crippen molar-refractivity contribution >= 4 is 21.6 Å². The zero-order chi connectivity index (χ0) is 22.4. The second kappa shape index (κ2) is 10.1. The van der Waals surface area contributed by atoms with E-state index in [1.165, 1.54) is 31.4 Å². The molecule has 0 heterocycles. The van der Waals surface area contributed by atoms with Gasteiger partial charge in [0.15, 0.2) is 6.61 Å². The van der Waals surface area contributed by atoms with Crippen molar-refractivity contribution < 1.29 is 22.7 Å². The Labute approximate surface area is 178 Å². The number of hydrogen-bond donors (Lipinski definition) is 2. The maximum absolute atomic E-state index is 12.3. The summed E-state index contributed by atoms with van der Waals surface area (Å²) in [6.45, 7) is 8.16. The molecule has 0 saturated carbocycles. The second-order valence-electron chi connectivity index (χ2n) is 8.12. The molecule has 2 aromatic carbocycles. The Morgan fingerprint density at radius 3 is 2.37 bits per heavy atom. The molecule has 0 aliphatic heterocycles. The highest BCUT2D eigenvalue weighted by molar-refractivity contribution is 7.89. The Kier molecular flexibility index (Phi) is 8.00. The molecule has 1 atom stereocenters. The number of benzene rings is 2. The first kappa shape index (κ1) is 23.9. The number of anilines is 1. The Morgan fingerprint density at radius 2 is 1.77 bits per heavy atom. The fraction of sp³-hybridized carbons (Fsp3) is 0.409. The minimum absolute atomic E-state index is 0.0140. The van der Waals surface area contributed by atoms with Gasteiger partial charge in [0.05, 0.1) is 11.5 Å². The molecule has 30 heavy (non-hydrogen) atoms. The predicted molar refractivity (Wildman–Crippen MR) is 117 cm³/mol. The molecule has 0 aliphatic rings. The molecule has 0 radical (unpaired) electrons. The number of carbonyl (C=O) groups excluding carboxylic acids is 1. The third-order valence-corrected chi connectivity index (χ3v) is 5.90. The van der Waals surface area contributed by atoms with Crippen LogP contribution in [0.4, 0.5) is 5.69 Å². The molecule has 0 aromatic heterocycles. The number of sulfonamides is 1. The first-order valence-corrected chi connectivity index (χ1v) is 11.1. The van der Waals surface area contributed by atoms with E-state index in [2.05, 4.69) is 30.8 Å². The van der Waals surface area contributed by atoms with Crippen LogP contribution in [-0.2, 0) is 25.0 Å². The van der Waals surface area contributed by atoms with Crippen LogP contribution >= 0.6 is 0 Å². The number of nitrogens with one attached hydrogen (secondary N) is 2. The zero-order valence-electron chi connectivity index (χ0n) is 18.1. The van der Waals surface area contributed by atoms with Crippen molar-refractivity contribution in [1.82, 2.24) is 4.72 Å².